The molecule has 0 aliphatic carbocycles. The van der Waals surface area contributed by atoms with Crippen molar-refractivity contribution < 1.29 is 8.78 Å². The average Bonchev–Trinajstić information content (AvgIpc) is 2.44. The second-order valence-electron chi connectivity index (χ2n) is 5.54. The van der Waals surface area contributed by atoms with Gasteiger partial charge in [0.2, 0.25) is 0 Å². The molecule has 0 amide bonds. The molecule has 0 unspecified atom stereocenters. The number of aryl methyl sites for hydroxylation is 3. The Morgan fingerprint density at radius 1 is 1.05 bits per heavy atom. The van der Waals surface area contributed by atoms with Crippen molar-refractivity contribution in [2.75, 3.05) is 0 Å². The molecule has 0 atom stereocenters. The summed E-state index contributed by atoms with van der Waals surface area (Å²) < 4.78 is 26.9. The summed E-state index contributed by atoms with van der Waals surface area (Å²) in [5.41, 5.74) is 4.20. The molecule has 0 nitrogen and oxygen atoms in total. The lowest BCUT2D eigenvalue weighted by Crippen LogP contribution is -2.08. The highest BCUT2D eigenvalue weighted by molar-refractivity contribution is 5.48. The van der Waals surface area contributed by atoms with Gasteiger partial charge in [-0.25, -0.2) is 8.78 Å². The van der Waals surface area contributed by atoms with E-state index < -0.39 is 5.92 Å². The molecule has 2 heteroatoms. The van der Waals surface area contributed by atoms with Crippen LogP contribution in [-0.4, -0.2) is 0 Å². The Hall–Kier alpha value is -1.96. The van der Waals surface area contributed by atoms with Crippen molar-refractivity contribution in [3.05, 3.63) is 76.9 Å². The van der Waals surface area contributed by atoms with Crippen molar-refractivity contribution in [2.45, 2.75) is 32.6 Å². The van der Waals surface area contributed by atoms with Crippen molar-refractivity contribution in [3.63, 3.8) is 0 Å². The number of halogens is 2. The van der Waals surface area contributed by atoms with Crippen molar-refractivity contribution >= 4 is 6.08 Å². The van der Waals surface area contributed by atoms with Gasteiger partial charge in [-0.3, -0.25) is 0 Å². The summed E-state index contributed by atoms with van der Waals surface area (Å²) in [6.07, 6.45) is 3.40. The minimum Gasteiger partial charge on any atom is -0.202 e. The zero-order valence-electron chi connectivity index (χ0n) is 12.5. The fraction of sp³-hybridized carbons (Fsp3) is 0.263. The molecule has 110 valence electrons. The third kappa shape index (κ3) is 4.25. The molecule has 0 saturated heterocycles. The normalized spacial score (nSPS) is 11.4. The average molecular weight is 286 g/mol. The van der Waals surface area contributed by atoms with Gasteiger partial charge < -0.3 is 0 Å². The van der Waals surface area contributed by atoms with Gasteiger partial charge in [0.15, 0.2) is 0 Å². The molecule has 2 aromatic rings. The van der Waals surface area contributed by atoms with Crippen LogP contribution in [0.15, 0.2) is 49.0 Å². The summed E-state index contributed by atoms with van der Waals surface area (Å²) in [5, 5.41) is 0. The van der Waals surface area contributed by atoms with E-state index in [1.54, 1.807) is 12.1 Å². The molecular formula is C19H20F2. The minimum absolute atomic E-state index is 0.0948. The molecule has 0 aliphatic heterocycles. The van der Waals surface area contributed by atoms with E-state index in [-0.39, 0.29) is 5.56 Å². The topological polar surface area (TPSA) is 0 Å². The van der Waals surface area contributed by atoms with E-state index >= 15 is 0 Å². The van der Waals surface area contributed by atoms with Crippen LogP contribution in [0.4, 0.5) is 8.78 Å². The van der Waals surface area contributed by atoms with Crippen molar-refractivity contribution in [1.29, 1.82) is 0 Å². The molecule has 0 fully saturated rings. The van der Waals surface area contributed by atoms with Gasteiger partial charge in [-0.2, -0.15) is 0 Å². The SMILES string of the molecule is C=Cc1cccc(CCc2cc(C)cc(C(C)(F)F)c2)c1. The van der Waals surface area contributed by atoms with Gasteiger partial charge in [-0.15, -0.1) is 0 Å². The predicted molar refractivity (Wildman–Crippen MR) is 84.7 cm³/mol. The maximum Gasteiger partial charge on any atom is 0.270 e. The van der Waals surface area contributed by atoms with E-state index in [0.717, 1.165) is 36.5 Å². The van der Waals surface area contributed by atoms with Crippen molar-refractivity contribution in [1.82, 2.24) is 0 Å². The molecule has 0 radical (unpaired) electrons. The first kappa shape index (κ1) is 15.4. The van der Waals surface area contributed by atoms with Crippen LogP contribution in [0.1, 0.15) is 34.7 Å². The summed E-state index contributed by atoms with van der Waals surface area (Å²) in [7, 11) is 0. The van der Waals surface area contributed by atoms with Crippen LogP contribution < -0.4 is 0 Å². The lowest BCUT2D eigenvalue weighted by Gasteiger charge is -2.13. The van der Waals surface area contributed by atoms with Crippen LogP contribution in [0, 0.1) is 6.92 Å². The smallest absolute Gasteiger partial charge is 0.202 e. The van der Waals surface area contributed by atoms with Gasteiger partial charge in [-0.1, -0.05) is 54.6 Å². The lowest BCUT2D eigenvalue weighted by atomic mass is 9.97. The van der Waals surface area contributed by atoms with E-state index in [2.05, 4.69) is 18.7 Å². The Morgan fingerprint density at radius 2 is 1.76 bits per heavy atom. The molecular weight excluding hydrogens is 266 g/mol. The Kier molecular flexibility index (Phi) is 4.56. The van der Waals surface area contributed by atoms with Crippen LogP contribution in [-0.2, 0) is 18.8 Å². The Balaban J connectivity index is 2.16. The fourth-order valence-electron chi connectivity index (χ4n) is 2.42. The van der Waals surface area contributed by atoms with Crippen molar-refractivity contribution in [3.8, 4) is 0 Å². The van der Waals surface area contributed by atoms with Crippen LogP contribution in [0.2, 0.25) is 0 Å². The van der Waals surface area contributed by atoms with Gasteiger partial charge in [-0.05, 0) is 42.5 Å². The zero-order valence-corrected chi connectivity index (χ0v) is 12.5. The maximum absolute atomic E-state index is 13.5. The van der Waals surface area contributed by atoms with Gasteiger partial charge in [0.25, 0.3) is 5.92 Å². The first-order chi connectivity index (χ1) is 9.88. The van der Waals surface area contributed by atoms with E-state index in [9.17, 15) is 8.78 Å². The molecule has 0 spiro atoms. The zero-order chi connectivity index (χ0) is 15.5. The summed E-state index contributed by atoms with van der Waals surface area (Å²) >= 11 is 0. The molecule has 2 aromatic carbocycles. The van der Waals surface area contributed by atoms with Crippen LogP contribution in [0.25, 0.3) is 6.08 Å². The molecule has 0 aliphatic rings. The quantitative estimate of drug-likeness (QED) is 0.677. The summed E-state index contributed by atoms with van der Waals surface area (Å²) in [5.74, 6) is -2.79. The van der Waals surface area contributed by atoms with Crippen LogP contribution in [0.5, 0.6) is 0 Å². The van der Waals surface area contributed by atoms with Crippen molar-refractivity contribution in [2.24, 2.45) is 0 Å². The standard InChI is InChI=1S/C19H20F2/c1-4-15-6-5-7-16(12-15)8-9-17-10-14(2)11-18(13-17)19(3,20)21/h4-7,10-13H,1,8-9H2,2-3H3. The maximum atomic E-state index is 13.5. The lowest BCUT2D eigenvalue weighted by molar-refractivity contribution is 0.0173. The molecule has 0 saturated carbocycles. The second-order valence-corrected chi connectivity index (χ2v) is 5.54. The molecule has 0 heterocycles. The van der Waals surface area contributed by atoms with Crippen LogP contribution >= 0.6 is 0 Å². The summed E-state index contributed by atoms with van der Waals surface area (Å²) in [6.45, 7) is 6.56. The highest BCUT2D eigenvalue weighted by Crippen LogP contribution is 2.28. The molecule has 0 bridgehead atoms. The Morgan fingerprint density at radius 3 is 2.43 bits per heavy atom. The van der Waals surface area contributed by atoms with E-state index in [1.165, 1.54) is 5.56 Å². The summed E-state index contributed by atoms with van der Waals surface area (Å²) in [6, 6.07) is 13.3. The van der Waals surface area contributed by atoms with Gasteiger partial charge in [0.05, 0.1) is 0 Å². The molecule has 0 aromatic heterocycles. The van der Waals surface area contributed by atoms with E-state index in [1.807, 2.05) is 31.2 Å². The first-order valence-electron chi connectivity index (χ1n) is 7.09. The van der Waals surface area contributed by atoms with Gasteiger partial charge >= 0.3 is 0 Å². The van der Waals surface area contributed by atoms with Gasteiger partial charge in [0.1, 0.15) is 0 Å². The van der Waals surface area contributed by atoms with E-state index in [0.29, 0.717) is 0 Å². The predicted octanol–water partition coefficient (Wildman–Crippen LogP) is 5.53. The Bertz CT molecular complexity index is 636. The highest BCUT2D eigenvalue weighted by Gasteiger charge is 2.24. The molecule has 21 heavy (non-hydrogen) atoms. The van der Waals surface area contributed by atoms with E-state index in [4.69, 9.17) is 0 Å². The number of hydrogen-bond donors (Lipinski definition) is 0. The first-order valence-corrected chi connectivity index (χ1v) is 7.09. The summed E-state index contributed by atoms with van der Waals surface area (Å²) in [4.78, 5) is 0. The number of rotatable bonds is 5. The molecule has 0 N–H and O–H groups in total. The molecule has 2 rings (SSSR count). The monoisotopic (exact) mass is 286 g/mol. The highest BCUT2D eigenvalue weighted by atomic mass is 19.3. The number of alkyl halides is 2. The van der Waals surface area contributed by atoms with Gasteiger partial charge in [0, 0.05) is 12.5 Å². The number of benzene rings is 2. The fourth-order valence-corrected chi connectivity index (χ4v) is 2.42. The minimum atomic E-state index is -2.79. The third-order valence-corrected chi connectivity index (χ3v) is 3.53. The second kappa shape index (κ2) is 6.21. The number of hydrogen-bond acceptors (Lipinski definition) is 0. The Labute approximate surface area is 125 Å². The van der Waals surface area contributed by atoms with Crippen LogP contribution in [0.3, 0.4) is 0 Å². The largest absolute Gasteiger partial charge is 0.270 e. The third-order valence-electron chi connectivity index (χ3n) is 3.53.